The molecule has 2 heterocycles. The second kappa shape index (κ2) is 4.75. The fourth-order valence-electron chi connectivity index (χ4n) is 2.40. The summed E-state index contributed by atoms with van der Waals surface area (Å²) in [5.41, 5.74) is -1.45. The SMILES string of the molecule is COC(=O)C1=C(C(=O)OC)C2(C)C=C(OC)C(=O)C1O2. The molecule has 20 heavy (non-hydrogen) atoms. The summed E-state index contributed by atoms with van der Waals surface area (Å²) >= 11 is 0. The van der Waals surface area contributed by atoms with E-state index in [4.69, 9.17) is 9.47 Å². The van der Waals surface area contributed by atoms with Gasteiger partial charge in [0.2, 0.25) is 5.78 Å². The van der Waals surface area contributed by atoms with Crippen molar-refractivity contribution in [2.45, 2.75) is 18.6 Å². The van der Waals surface area contributed by atoms with Gasteiger partial charge in [0.05, 0.1) is 32.5 Å². The van der Waals surface area contributed by atoms with Crippen LogP contribution in [0.3, 0.4) is 0 Å². The number of ketones is 1. The molecule has 7 nitrogen and oxygen atoms in total. The quantitative estimate of drug-likeness (QED) is 0.668. The highest BCUT2D eigenvalue weighted by atomic mass is 16.6. The molecule has 0 aromatic heterocycles. The molecule has 0 aliphatic carbocycles. The van der Waals surface area contributed by atoms with Crippen molar-refractivity contribution >= 4 is 17.7 Å². The maximum absolute atomic E-state index is 12.1. The number of carbonyl (C=O) groups is 3. The Bertz CT molecular complexity index is 557. The third kappa shape index (κ3) is 1.82. The Balaban J connectivity index is 2.66. The van der Waals surface area contributed by atoms with Gasteiger partial charge in [-0.25, -0.2) is 9.59 Å². The molecule has 2 unspecified atom stereocenters. The van der Waals surface area contributed by atoms with Crippen LogP contribution in [-0.2, 0) is 33.3 Å². The highest BCUT2D eigenvalue weighted by Crippen LogP contribution is 2.43. The van der Waals surface area contributed by atoms with Crippen LogP contribution in [0.4, 0.5) is 0 Å². The van der Waals surface area contributed by atoms with Gasteiger partial charge in [0.25, 0.3) is 0 Å². The Morgan fingerprint density at radius 2 is 1.80 bits per heavy atom. The molecule has 0 saturated carbocycles. The van der Waals surface area contributed by atoms with Crippen LogP contribution in [0.25, 0.3) is 0 Å². The van der Waals surface area contributed by atoms with Crippen LogP contribution >= 0.6 is 0 Å². The zero-order valence-corrected chi connectivity index (χ0v) is 11.5. The standard InChI is InChI=1S/C13H14O7/c1-13-5-6(17-2)9(14)10(20-13)7(11(15)18-3)8(13)12(16)19-4/h5,10H,1-4H3. The first-order valence-electron chi connectivity index (χ1n) is 5.79. The van der Waals surface area contributed by atoms with Crippen molar-refractivity contribution in [3.05, 3.63) is 23.0 Å². The van der Waals surface area contributed by atoms with E-state index in [0.29, 0.717) is 0 Å². The number of hydrogen-bond acceptors (Lipinski definition) is 7. The van der Waals surface area contributed by atoms with Crippen molar-refractivity contribution in [2.24, 2.45) is 0 Å². The van der Waals surface area contributed by atoms with Gasteiger partial charge in [-0.05, 0) is 13.0 Å². The lowest BCUT2D eigenvalue weighted by Gasteiger charge is -2.28. The Morgan fingerprint density at radius 3 is 2.30 bits per heavy atom. The predicted octanol–water partition coefficient (Wildman–Crippen LogP) is -0.101. The molecule has 0 amide bonds. The summed E-state index contributed by atoms with van der Waals surface area (Å²) in [5, 5.41) is 0. The predicted molar refractivity (Wildman–Crippen MR) is 64.4 cm³/mol. The molecule has 2 rings (SSSR count). The Morgan fingerprint density at radius 1 is 1.20 bits per heavy atom. The molecule has 0 spiro atoms. The van der Waals surface area contributed by atoms with Crippen LogP contribution in [0, 0.1) is 0 Å². The topological polar surface area (TPSA) is 88.1 Å². The molecule has 0 aromatic rings. The lowest BCUT2D eigenvalue weighted by molar-refractivity contribution is -0.142. The summed E-state index contributed by atoms with van der Waals surface area (Å²) in [6.07, 6.45) is 0.134. The van der Waals surface area contributed by atoms with Crippen LogP contribution < -0.4 is 0 Å². The average Bonchev–Trinajstić information content (AvgIpc) is 2.71. The van der Waals surface area contributed by atoms with Crippen molar-refractivity contribution in [2.75, 3.05) is 21.3 Å². The second-order valence-electron chi connectivity index (χ2n) is 4.45. The average molecular weight is 282 g/mol. The highest BCUT2D eigenvalue weighted by molar-refractivity contribution is 6.13. The summed E-state index contributed by atoms with van der Waals surface area (Å²) in [5.74, 6) is -2.07. The van der Waals surface area contributed by atoms with Crippen molar-refractivity contribution in [3.63, 3.8) is 0 Å². The van der Waals surface area contributed by atoms with Gasteiger partial charge in [0.1, 0.15) is 5.60 Å². The first-order chi connectivity index (χ1) is 9.39. The number of methoxy groups -OCH3 is 3. The molecule has 0 aromatic carbocycles. The van der Waals surface area contributed by atoms with E-state index in [0.717, 1.165) is 7.11 Å². The van der Waals surface area contributed by atoms with E-state index in [1.54, 1.807) is 6.92 Å². The Hall–Kier alpha value is -2.15. The smallest absolute Gasteiger partial charge is 0.337 e. The molecular weight excluding hydrogens is 268 g/mol. The molecule has 0 fully saturated rings. The Labute approximate surface area is 115 Å². The van der Waals surface area contributed by atoms with Crippen LogP contribution in [0.5, 0.6) is 0 Å². The minimum atomic E-state index is -1.26. The van der Waals surface area contributed by atoms with Gasteiger partial charge in [-0.15, -0.1) is 0 Å². The highest BCUT2D eigenvalue weighted by Gasteiger charge is 2.55. The van der Waals surface area contributed by atoms with Crippen molar-refractivity contribution in [1.29, 1.82) is 0 Å². The normalized spacial score (nSPS) is 28.1. The molecule has 108 valence electrons. The zero-order valence-electron chi connectivity index (χ0n) is 11.5. The van der Waals surface area contributed by atoms with Crippen molar-refractivity contribution in [3.8, 4) is 0 Å². The van der Waals surface area contributed by atoms with E-state index < -0.39 is 29.4 Å². The van der Waals surface area contributed by atoms with Crippen LogP contribution in [0.15, 0.2) is 23.0 Å². The van der Waals surface area contributed by atoms with Crippen LogP contribution in [0.2, 0.25) is 0 Å². The van der Waals surface area contributed by atoms with Gasteiger partial charge in [0.15, 0.2) is 11.9 Å². The number of rotatable bonds is 3. The minimum absolute atomic E-state index is 0.0315. The molecule has 0 saturated heterocycles. The van der Waals surface area contributed by atoms with E-state index in [-0.39, 0.29) is 16.9 Å². The fraction of sp³-hybridized carbons (Fsp3) is 0.462. The van der Waals surface area contributed by atoms with Gasteiger partial charge in [-0.1, -0.05) is 0 Å². The van der Waals surface area contributed by atoms with Gasteiger partial charge in [-0.2, -0.15) is 0 Å². The van der Waals surface area contributed by atoms with Crippen LogP contribution in [0.1, 0.15) is 6.92 Å². The number of Topliss-reactive ketones (excluding diaryl/α,β-unsaturated/α-hetero) is 1. The first-order valence-corrected chi connectivity index (χ1v) is 5.79. The largest absolute Gasteiger partial charge is 0.493 e. The van der Waals surface area contributed by atoms with Gasteiger partial charge in [-0.3, -0.25) is 4.79 Å². The van der Waals surface area contributed by atoms with Gasteiger partial charge >= 0.3 is 11.9 Å². The van der Waals surface area contributed by atoms with Crippen LogP contribution in [-0.4, -0.2) is 50.8 Å². The van der Waals surface area contributed by atoms with Crippen molar-refractivity contribution in [1.82, 2.24) is 0 Å². The second-order valence-corrected chi connectivity index (χ2v) is 4.45. The third-order valence-electron chi connectivity index (χ3n) is 3.29. The number of esters is 2. The summed E-state index contributed by atoms with van der Waals surface area (Å²) in [6.45, 7) is 1.55. The van der Waals surface area contributed by atoms with Gasteiger partial charge < -0.3 is 18.9 Å². The molecule has 2 aliphatic rings. The summed E-state index contributed by atoms with van der Waals surface area (Å²) in [7, 11) is 3.66. The molecule has 0 N–H and O–H groups in total. The Kier molecular flexibility index (Phi) is 3.39. The van der Waals surface area contributed by atoms with E-state index in [9.17, 15) is 14.4 Å². The molecule has 0 radical (unpaired) electrons. The zero-order chi connectivity index (χ0) is 15.1. The summed E-state index contributed by atoms with van der Waals surface area (Å²) < 4.78 is 19.8. The van der Waals surface area contributed by atoms with Crippen molar-refractivity contribution < 1.29 is 33.3 Å². The van der Waals surface area contributed by atoms with E-state index in [2.05, 4.69) is 9.47 Å². The minimum Gasteiger partial charge on any atom is -0.493 e. The molecule has 2 bridgehead atoms. The third-order valence-corrected chi connectivity index (χ3v) is 3.29. The maximum atomic E-state index is 12.1. The summed E-state index contributed by atoms with van der Waals surface area (Å²) in [6, 6.07) is 0. The lowest BCUT2D eigenvalue weighted by Crippen LogP contribution is -2.39. The number of hydrogen-bond donors (Lipinski definition) is 0. The molecule has 7 heteroatoms. The van der Waals surface area contributed by atoms with E-state index in [1.165, 1.54) is 20.3 Å². The monoisotopic (exact) mass is 282 g/mol. The van der Waals surface area contributed by atoms with E-state index in [1.807, 2.05) is 0 Å². The van der Waals surface area contributed by atoms with Gasteiger partial charge in [0, 0.05) is 0 Å². The van der Waals surface area contributed by atoms with E-state index >= 15 is 0 Å². The lowest BCUT2D eigenvalue weighted by atomic mass is 9.94. The molecule has 2 aliphatic heterocycles. The maximum Gasteiger partial charge on any atom is 0.337 e. The summed E-state index contributed by atoms with van der Waals surface area (Å²) in [4.78, 5) is 36.0. The molecular formula is C13H14O7. The number of ether oxygens (including phenoxy) is 4. The molecule has 2 atom stereocenters. The fourth-order valence-corrected chi connectivity index (χ4v) is 2.40. The number of fused-ring (bicyclic) bond motifs is 2. The first kappa shape index (κ1) is 14.3. The number of carbonyl (C=O) groups excluding carboxylic acids is 3.